The van der Waals surface area contributed by atoms with Gasteiger partial charge in [0.1, 0.15) is 11.5 Å². The highest BCUT2D eigenvalue weighted by atomic mass is 16.5. The lowest BCUT2D eigenvalue weighted by atomic mass is 10.0. The molecule has 1 aliphatic rings. The van der Waals surface area contributed by atoms with Gasteiger partial charge in [0.15, 0.2) is 5.96 Å². The Labute approximate surface area is 191 Å². The minimum atomic E-state index is 0.116. The fourth-order valence-corrected chi connectivity index (χ4v) is 3.88. The molecule has 3 rings (SSSR count). The molecule has 0 aliphatic carbocycles. The van der Waals surface area contributed by atoms with Gasteiger partial charge >= 0.3 is 0 Å². The molecule has 176 valence electrons. The van der Waals surface area contributed by atoms with E-state index in [1.54, 1.807) is 13.4 Å². The number of nitrogens with zero attached hydrogens (tertiary/aromatic N) is 3. The van der Waals surface area contributed by atoms with Gasteiger partial charge in [0.2, 0.25) is 0 Å². The summed E-state index contributed by atoms with van der Waals surface area (Å²) in [4.78, 5) is 9.54. The summed E-state index contributed by atoms with van der Waals surface area (Å²) in [5.41, 5.74) is 1.23. The van der Waals surface area contributed by atoms with Crippen molar-refractivity contribution in [3.8, 4) is 5.75 Å². The number of guanidine groups is 1. The number of likely N-dealkylation sites (N-methyl/N-ethyl adjacent to an activating group) is 1. The SMILES string of the molecule is CCNC(=NCC(c1ccc(OC)cc1)N1CCOCC1)NCC(c1ccco1)N(C)C. The number of methoxy groups -OCH3 is 1. The standard InChI is InChI=1S/C24H37N5O3/c1-5-25-24(27-18-22(28(2)3)23-7-6-14-32-23)26-17-21(29-12-15-31-16-13-29)19-8-10-20(30-4)11-9-19/h6-11,14,21-22H,5,12-13,15-18H2,1-4H3,(H2,25,26,27). The Balaban J connectivity index is 1.73. The fourth-order valence-electron chi connectivity index (χ4n) is 3.88. The van der Waals surface area contributed by atoms with Crippen molar-refractivity contribution in [3.05, 3.63) is 54.0 Å². The van der Waals surface area contributed by atoms with Gasteiger partial charge in [-0.1, -0.05) is 12.1 Å². The van der Waals surface area contributed by atoms with E-state index in [1.807, 2.05) is 24.3 Å². The van der Waals surface area contributed by atoms with Crippen molar-refractivity contribution in [3.63, 3.8) is 0 Å². The molecule has 1 aromatic heterocycles. The van der Waals surface area contributed by atoms with E-state index in [0.29, 0.717) is 13.1 Å². The number of hydrogen-bond donors (Lipinski definition) is 2. The topological polar surface area (TPSA) is 74.5 Å². The lowest BCUT2D eigenvalue weighted by Gasteiger charge is -2.34. The molecule has 2 aromatic rings. The predicted octanol–water partition coefficient (Wildman–Crippen LogP) is 2.52. The highest BCUT2D eigenvalue weighted by Gasteiger charge is 2.23. The molecule has 2 unspecified atom stereocenters. The third kappa shape index (κ3) is 6.72. The first kappa shape index (κ1) is 24.1. The number of rotatable bonds is 10. The number of hydrogen-bond acceptors (Lipinski definition) is 6. The average Bonchev–Trinajstić information content (AvgIpc) is 3.34. The highest BCUT2D eigenvalue weighted by Crippen LogP contribution is 2.24. The molecule has 0 spiro atoms. The molecular weight excluding hydrogens is 406 g/mol. The van der Waals surface area contributed by atoms with E-state index in [2.05, 4.69) is 53.6 Å². The van der Waals surface area contributed by atoms with E-state index in [0.717, 1.165) is 50.3 Å². The largest absolute Gasteiger partial charge is 0.497 e. The first-order chi connectivity index (χ1) is 15.6. The van der Waals surface area contributed by atoms with Gasteiger partial charge < -0.3 is 24.5 Å². The first-order valence-corrected chi connectivity index (χ1v) is 11.3. The summed E-state index contributed by atoms with van der Waals surface area (Å²) in [5, 5.41) is 6.87. The summed E-state index contributed by atoms with van der Waals surface area (Å²) in [6.07, 6.45) is 1.72. The molecule has 1 aromatic carbocycles. The van der Waals surface area contributed by atoms with Crippen molar-refractivity contribution in [1.82, 2.24) is 20.4 Å². The number of morpholine rings is 1. The molecule has 0 amide bonds. The van der Waals surface area contributed by atoms with Crippen LogP contribution in [0, 0.1) is 0 Å². The fraction of sp³-hybridized carbons (Fsp3) is 0.542. The smallest absolute Gasteiger partial charge is 0.191 e. The van der Waals surface area contributed by atoms with E-state index in [1.165, 1.54) is 5.56 Å². The van der Waals surface area contributed by atoms with E-state index in [9.17, 15) is 0 Å². The van der Waals surface area contributed by atoms with E-state index in [-0.39, 0.29) is 12.1 Å². The second kappa shape index (κ2) is 12.5. The maximum atomic E-state index is 5.63. The first-order valence-electron chi connectivity index (χ1n) is 11.3. The molecule has 0 bridgehead atoms. The minimum absolute atomic E-state index is 0.116. The van der Waals surface area contributed by atoms with Crippen molar-refractivity contribution in [2.24, 2.45) is 4.99 Å². The van der Waals surface area contributed by atoms with E-state index in [4.69, 9.17) is 18.9 Å². The van der Waals surface area contributed by atoms with Gasteiger partial charge in [0, 0.05) is 26.2 Å². The van der Waals surface area contributed by atoms with Crippen LogP contribution >= 0.6 is 0 Å². The van der Waals surface area contributed by atoms with Crippen LogP contribution in [0.3, 0.4) is 0 Å². The molecule has 2 N–H and O–H groups in total. The van der Waals surface area contributed by atoms with Gasteiger partial charge in [-0.15, -0.1) is 0 Å². The van der Waals surface area contributed by atoms with Crippen LogP contribution in [0.5, 0.6) is 5.75 Å². The van der Waals surface area contributed by atoms with E-state index < -0.39 is 0 Å². The molecule has 1 saturated heterocycles. The molecule has 0 saturated carbocycles. The Morgan fingerprint density at radius 3 is 2.50 bits per heavy atom. The van der Waals surface area contributed by atoms with Crippen LogP contribution in [0.4, 0.5) is 0 Å². The lowest BCUT2D eigenvalue weighted by molar-refractivity contribution is 0.0179. The maximum absolute atomic E-state index is 5.63. The van der Waals surface area contributed by atoms with Crippen LogP contribution in [0.1, 0.15) is 30.3 Å². The van der Waals surface area contributed by atoms with Gasteiger partial charge in [-0.05, 0) is 50.8 Å². The van der Waals surface area contributed by atoms with Gasteiger partial charge in [-0.2, -0.15) is 0 Å². The van der Waals surface area contributed by atoms with Crippen LogP contribution < -0.4 is 15.4 Å². The second-order valence-corrected chi connectivity index (χ2v) is 8.03. The molecule has 8 nitrogen and oxygen atoms in total. The quantitative estimate of drug-likeness (QED) is 0.432. The summed E-state index contributed by atoms with van der Waals surface area (Å²) in [6, 6.07) is 12.5. The molecule has 2 heterocycles. The Bertz CT molecular complexity index is 802. The number of furan rings is 1. The van der Waals surface area contributed by atoms with Crippen molar-refractivity contribution < 1.29 is 13.9 Å². The zero-order chi connectivity index (χ0) is 22.8. The number of benzene rings is 1. The molecule has 1 aliphatic heterocycles. The van der Waals surface area contributed by atoms with Crippen molar-refractivity contribution in [1.29, 1.82) is 0 Å². The average molecular weight is 444 g/mol. The van der Waals surface area contributed by atoms with Gasteiger partial charge in [0.05, 0.1) is 45.2 Å². The van der Waals surface area contributed by atoms with Crippen molar-refractivity contribution in [2.45, 2.75) is 19.0 Å². The summed E-state index contributed by atoms with van der Waals surface area (Å²) in [6.45, 7) is 7.52. The Morgan fingerprint density at radius 2 is 1.91 bits per heavy atom. The van der Waals surface area contributed by atoms with Gasteiger partial charge in [0.25, 0.3) is 0 Å². The van der Waals surface area contributed by atoms with Gasteiger partial charge in [-0.3, -0.25) is 14.8 Å². The van der Waals surface area contributed by atoms with Crippen LogP contribution in [0.25, 0.3) is 0 Å². The number of aliphatic imine (C=N–C) groups is 1. The molecule has 2 atom stereocenters. The lowest BCUT2D eigenvalue weighted by Crippen LogP contribution is -2.43. The summed E-state index contributed by atoms with van der Waals surface area (Å²) >= 11 is 0. The third-order valence-electron chi connectivity index (χ3n) is 5.71. The molecule has 32 heavy (non-hydrogen) atoms. The highest BCUT2D eigenvalue weighted by molar-refractivity contribution is 5.79. The molecular formula is C24H37N5O3. The summed E-state index contributed by atoms with van der Waals surface area (Å²) in [5.74, 6) is 2.60. The Morgan fingerprint density at radius 1 is 1.16 bits per heavy atom. The second-order valence-electron chi connectivity index (χ2n) is 8.03. The Hall–Kier alpha value is -2.55. The van der Waals surface area contributed by atoms with Crippen LogP contribution in [-0.4, -0.2) is 82.9 Å². The minimum Gasteiger partial charge on any atom is -0.497 e. The third-order valence-corrected chi connectivity index (χ3v) is 5.71. The zero-order valence-electron chi connectivity index (χ0n) is 19.7. The van der Waals surface area contributed by atoms with Crippen molar-refractivity contribution >= 4 is 5.96 Å². The van der Waals surface area contributed by atoms with Crippen LogP contribution in [0.2, 0.25) is 0 Å². The zero-order valence-corrected chi connectivity index (χ0v) is 19.7. The normalized spacial score (nSPS) is 17.2. The maximum Gasteiger partial charge on any atom is 0.191 e. The van der Waals surface area contributed by atoms with Crippen LogP contribution in [-0.2, 0) is 4.74 Å². The van der Waals surface area contributed by atoms with Gasteiger partial charge in [-0.25, -0.2) is 0 Å². The molecule has 8 heteroatoms. The van der Waals surface area contributed by atoms with Crippen LogP contribution in [0.15, 0.2) is 52.1 Å². The number of nitrogens with one attached hydrogen (secondary N) is 2. The van der Waals surface area contributed by atoms with Crippen molar-refractivity contribution in [2.75, 3.05) is 67.1 Å². The molecule has 0 radical (unpaired) electrons. The monoisotopic (exact) mass is 443 g/mol. The predicted molar refractivity (Wildman–Crippen MR) is 127 cm³/mol. The number of ether oxygens (including phenoxy) is 2. The summed E-state index contributed by atoms with van der Waals surface area (Å²) in [7, 11) is 5.80. The van der Waals surface area contributed by atoms with E-state index >= 15 is 0 Å². The Kier molecular flexibility index (Phi) is 9.40. The molecule has 1 fully saturated rings. The summed E-state index contributed by atoms with van der Waals surface area (Å²) < 4.78 is 16.5.